The van der Waals surface area contributed by atoms with Crippen molar-refractivity contribution in [2.45, 2.75) is 39.8 Å². The lowest BCUT2D eigenvalue weighted by Crippen LogP contribution is -2.43. The Kier molecular flexibility index (Phi) is 4.85. The lowest BCUT2D eigenvalue weighted by molar-refractivity contribution is -0.123. The Hall–Kier alpha value is -3.55. The molecule has 2 atom stereocenters. The molecular weight excluding hydrogens is 382 g/mol. The van der Waals surface area contributed by atoms with Crippen LogP contribution in [0.25, 0.3) is 0 Å². The van der Waals surface area contributed by atoms with E-state index in [1.54, 1.807) is 12.1 Å². The lowest BCUT2D eigenvalue weighted by atomic mass is 10.1. The summed E-state index contributed by atoms with van der Waals surface area (Å²) in [5.41, 5.74) is 5.29. The van der Waals surface area contributed by atoms with E-state index in [4.69, 9.17) is 0 Å². The van der Waals surface area contributed by atoms with Crippen LogP contribution in [-0.4, -0.2) is 41.4 Å². The Labute approximate surface area is 174 Å². The molecule has 0 unspecified atom stereocenters. The number of fused-ring (bicyclic) bond motifs is 1. The van der Waals surface area contributed by atoms with Gasteiger partial charge in [0.25, 0.3) is 11.8 Å². The predicted molar refractivity (Wildman–Crippen MR) is 112 cm³/mol. The molecule has 2 aliphatic rings. The number of amides is 3. The van der Waals surface area contributed by atoms with Gasteiger partial charge in [0.15, 0.2) is 12.1 Å². The maximum absolute atomic E-state index is 13.1. The molecule has 1 saturated heterocycles. The fourth-order valence-electron chi connectivity index (χ4n) is 3.85. The van der Waals surface area contributed by atoms with Crippen LogP contribution in [0.4, 0.5) is 11.4 Å². The van der Waals surface area contributed by atoms with Crippen LogP contribution in [-0.2, 0) is 14.4 Å². The van der Waals surface area contributed by atoms with Gasteiger partial charge in [-0.2, -0.15) is 5.11 Å². The average Bonchev–Trinajstić information content (AvgIpc) is 3.17. The molecular formula is C22H23N5O3. The second-order valence-electron chi connectivity index (χ2n) is 7.90. The first kappa shape index (κ1) is 19.8. The van der Waals surface area contributed by atoms with E-state index in [0.29, 0.717) is 11.4 Å². The third-order valence-electron chi connectivity index (χ3n) is 5.42. The highest BCUT2D eigenvalue weighted by Crippen LogP contribution is 2.32. The van der Waals surface area contributed by atoms with Crippen molar-refractivity contribution in [3.05, 3.63) is 58.7 Å². The average molecular weight is 405 g/mol. The maximum atomic E-state index is 13.1. The monoisotopic (exact) mass is 405 g/mol. The van der Waals surface area contributed by atoms with E-state index in [2.05, 4.69) is 15.7 Å². The minimum atomic E-state index is -0.923. The van der Waals surface area contributed by atoms with Crippen LogP contribution in [0.1, 0.15) is 22.3 Å². The molecule has 0 bridgehead atoms. The fraction of sp³-hybridized carbons (Fsp3) is 0.318. The number of aryl methyl sites for hydroxylation is 4. The molecule has 1 N–H and O–H groups in total. The van der Waals surface area contributed by atoms with Crippen molar-refractivity contribution < 1.29 is 14.4 Å². The van der Waals surface area contributed by atoms with Crippen LogP contribution in [0.15, 0.2) is 46.7 Å². The Bertz CT molecular complexity index is 1070. The lowest BCUT2D eigenvalue weighted by Gasteiger charge is -2.20. The van der Waals surface area contributed by atoms with E-state index in [-0.39, 0.29) is 12.5 Å². The van der Waals surface area contributed by atoms with Gasteiger partial charge in [-0.05, 0) is 74.2 Å². The van der Waals surface area contributed by atoms with Crippen molar-refractivity contribution in [1.29, 1.82) is 0 Å². The summed E-state index contributed by atoms with van der Waals surface area (Å²) in [6.45, 7) is 7.61. The smallest absolute Gasteiger partial charge is 0.263 e. The molecule has 3 amide bonds. The SMILES string of the molecule is Cc1cc(C)cc(N2C(=O)[C@H]3N=NN(CC(=O)Nc4ccc(C)c(C)c4)[C@H]3C2=O)c1. The number of carbonyl (C=O) groups is 3. The van der Waals surface area contributed by atoms with Crippen LogP contribution in [0.3, 0.4) is 0 Å². The summed E-state index contributed by atoms with van der Waals surface area (Å²) in [6.07, 6.45) is 0. The summed E-state index contributed by atoms with van der Waals surface area (Å²) in [5.74, 6) is -1.17. The van der Waals surface area contributed by atoms with Crippen molar-refractivity contribution in [2.24, 2.45) is 10.3 Å². The van der Waals surface area contributed by atoms with E-state index in [9.17, 15) is 14.4 Å². The normalized spacial score (nSPS) is 20.1. The van der Waals surface area contributed by atoms with Crippen LogP contribution < -0.4 is 10.2 Å². The molecule has 4 rings (SSSR count). The van der Waals surface area contributed by atoms with Crippen molar-refractivity contribution in [1.82, 2.24) is 5.01 Å². The molecule has 2 aromatic carbocycles. The first-order chi connectivity index (χ1) is 14.2. The highest BCUT2D eigenvalue weighted by Gasteiger charge is 2.55. The standard InChI is InChI=1S/C22H23N5O3/c1-12-7-13(2)9-17(8-12)27-21(29)19-20(22(27)30)26(25-24-19)11-18(28)23-16-6-5-14(3)15(4)10-16/h5-10,19-20H,11H2,1-4H3,(H,23,28)/t19-,20+/m0/s1. The van der Waals surface area contributed by atoms with Crippen molar-refractivity contribution in [2.75, 3.05) is 16.8 Å². The number of rotatable bonds is 4. The van der Waals surface area contributed by atoms with E-state index >= 15 is 0 Å². The Morgan fingerprint density at radius 1 is 0.967 bits per heavy atom. The molecule has 8 nitrogen and oxygen atoms in total. The second-order valence-corrected chi connectivity index (χ2v) is 7.90. The van der Waals surface area contributed by atoms with Crippen LogP contribution >= 0.6 is 0 Å². The van der Waals surface area contributed by atoms with Gasteiger partial charge in [0, 0.05) is 5.69 Å². The van der Waals surface area contributed by atoms with Gasteiger partial charge >= 0.3 is 0 Å². The Morgan fingerprint density at radius 3 is 2.33 bits per heavy atom. The largest absolute Gasteiger partial charge is 0.324 e. The molecule has 2 aromatic rings. The number of carbonyl (C=O) groups excluding carboxylic acids is 3. The predicted octanol–water partition coefficient (Wildman–Crippen LogP) is 2.85. The minimum Gasteiger partial charge on any atom is -0.324 e. The van der Waals surface area contributed by atoms with E-state index in [1.165, 1.54) is 5.01 Å². The number of nitrogens with zero attached hydrogens (tertiary/aromatic N) is 4. The molecule has 2 heterocycles. The fourth-order valence-corrected chi connectivity index (χ4v) is 3.85. The molecule has 154 valence electrons. The van der Waals surface area contributed by atoms with Gasteiger partial charge in [0.05, 0.1) is 5.69 Å². The highest BCUT2D eigenvalue weighted by molar-refractivity contribution is 6.25. The molecule has 0 radical (unpaired) electrons. The quantitative estimate of drug-likeness (QED) is 0.792. The number of benzene rings is 2. The summed E-state index contributed by atoms with van der Waals surface area (Å²) in [6, 6.07) is 9.36. The van der Waals surface area contributed by atoms with Crippen LogP contribution in [0.2, 0.25) is 0 Å². The van der Waals surface area contributed by atoms with E-state index in [0.717, 1.165) is 27.2 Å². The summed E-state index contributed by atoms with van der Waals surface area (Å²) in [4.78, 5) is 39.6. The molecule has 8 heteroatoms. The number of nitrogens with one attached hydrogen (secondary N) is 1. The molecule has 30 heavy (non-hydrogen) atoms. The van der Waals surface area contributed by atoms with Gasteiger partial charge in [-0.1, -0.05) is 17.4 Å². The third kappa shape index (κ3) is 3.45. The second kappa shape index (κ2) is 7.37. The zero-order valence-corrected chi connectivity index (χ0v) is 17.3. The zero-order chi connectivity index (χ0) is 21.6. The Morgan fingerprint density at radius 2 is 1.67 bits per heavy atom. The van der Waals surface area contributed by atoms with Crippen molar-refractivity contribution in [3.8, 4) is 0 Å². The van der Waals surface area contributed by atoms with Gasteiger partial charge in [0.2, 0.25) is 5.91 Å². The van der Waals surface area contributed by atoms with Crippen molar-refractivity contribution >= 4 is 29.1 Å². The number of anilines is 2. The van der Waals surface area contributed by atoms with Gasteiger partial charge in [0.1, 0.15) is 6.54 Å². The van der Waals surface area contributed by atoms with Crippen molar-refractivity contribution in [3.63, 3.8) is 0 Å². The topological polar surface area (TPSA) is 94.4 Å². The van der Waals surface area contributed by atoms with E-state index < -0.39 is 23.9 Å². The maximum Gasteiger partial charge on any atom is 0.263 e. The molecule has 2 aliphatic heterocycles. The van der Waals surface area contributed by atoms with Crippen LogP contribution in [0, 0.1) is 27.7 Å². The summed E-state index contributed by atoms with van der Waals surface area (Å²) >= 11 is 0. The number of hydrogen-bond acceptors (Lipinski definition) is 6. The number of imide groups is 1. The van der Waals surface area contributed by atoms with Gasteiger partial charge < -0.3 is 5.32 Å². The van der Waals surface area contributed by atoms with Gasteiger partial charge in [-0.15, -0.1) is 0 Å². The Balaban J connectivity index is 1.50. The summed E-state index contributed by atoms with van der Waals surface area (Å²) in [7, 11) is 0. The first-order valence-corrected chi connectivity index (χ1v) is 9.75. The molecule has 1 fully saturated rings. The summed E-state index contributed by atoms with van der Waals surface area (Å²) in [5, 5.41) is 12.0. The molecule has 0 aromatic heterocycles. The van der Waals surface area contributed by atoms with Gasteiger partial charge in [-0.3, -0.25) is 19.4 Å². The van der Waals surface area contributed by atoms with Gasteiger partial charge in [-0.25, -0.2) is 4.90 Å². The molecule has 0 spiro atoms. The van der Waals surface area contributed by atoms with Crippen LogP contribution in [0.5, 0.6) is 0 Å². The first-order valence-electron chi connectivity index (χ1n) is 9.75. The molecule has 0 aliphatic carbocycles. The summed E-state index contributed by atoms with van der Waals surface area (Å²) < 4.78 is 0. The zero-order valence-electron chi connectivity index (χ0n) is 17.3. The highest BCUT2D eigenvalue weighted by atomic mass is 16.2. The number of hydrogen-bond donors (Lipinski definition) is 1. The van der Waals surface area contributed by atoms with E-state index in [1.807, 2.05) is 52.0 Å². The molecule has 0 saturated carbocycles. The minimum absolute atomic E-state index is 0.169. The third-order valence-corrected chi connectivity index (χ3v) is 5.42.